The van der Waals surface area contributed by atoms with Gasteiger partial charge in [0.05, 0.1) is 6.20 Å². The van der Waals surface area contributed by atoms with Crippen molar-refractivity contribution in [2.45, 2.75) is 25.5 Å². The molecule has 1 unspecified atom stereocenters. The van der Waals surface area contributed by atoms with E-state index in [2.05, 4.69) is 26.0 Å². The Labute approximate surface area is 112 Å². The van der Waals surface area contributed by atoms with E-state index in [0.29, 0.717) is 5.15 Å². The van der Waals surface area contributed by atoms with Crippen molar-refractivity contribution in [1.82, 2.24) is 14.8 Å². The first-order valence-electron chi connectivity index (χ1n) is 5.56. The number of halogens is 2. The number of ether oxygens (including phenoxy) is 1. The topological polar surface area (TPSA) is 39.9 Å². The normalized spacial score (nSPS) is 20.9. The van der Waals surface area contributed by atoms with Crippen molar-refractivity contribution >= 4 is 38.6 Å². The van der Waals surface area contributed by atoms with Crippen molar-refractivity contribution in [2.24, 2.45) is 0 Å². The average molecular weight is 317 g/mol. The van der Waals surface area contributed by atoms with Crippen LogP contribution in [0.2, 0.25) is 5.15 Å². The predicted octanol–water partition coefficient (Wildman–Crippen LogP) is 3.55. The van der Waals surface area contributed by atoms with Gasteiger partial charge in [-0.2, -0.15) is 5.10 Å². The molecular formula is C11H11BrClN3O. The molecule has 4 nitrogen and oxygen atoms in total. The van der Waals surface area contributed by atoms with Gasteiger partial charge in [-0.25, -0.2) is 9.67 Å². The molecular weight excluding hydrogens is 305 g/mol. The molecule has 0 spiro atoms. The Balaban J connectivity index is 2.10. The predicted molar refractivity (Wildman–Crippen MR) is 69.1 cm³/mol. The van der Waals surface area contributed by atoms with Crippen LogP contribution in [0.25, 0.3) is 11.0 Å². The third-order valence-corrected chi connectivity index (χ3v) is 3.70. The van der Waals surface area contributed by atoms with Crippen LogP contribution in [0.15, 0.2) is 16.7 Å². The summed E-state index contributed by atoms with van der Waals surface area (Å²) in [7, 11) is 0. The number of nitrogens with zero attached hydrogens (tertiary/aromatic N) is 3. The van der Waals surface area contributed by atoms with Crippen LogP contribution in [-0.2, 0) is 4.74 Å². The summed E-state index contributed by atoms with van der Waals surface area (Å²) >= 11 is 9.41. The highest BCUT2D eigenvalue weighted by atomic mass is 79.9. The first-order valence-corrected chi connectivity index (χ1v) is 6.73. The van der Waals surface area contributed by atoms with Crippen LogP contribution < -0.4 is 0 Å². The summed E-state index contributed by atoms with van der Waals surface area (Å²) in [4.78, 5) is 4.25. The second-order valence-corrected chi connectivity index (χ2v) is 5.31. The summed E-state index contributed by atoms with van der Waals surface area (Å²) < 4.78 is 8.53. The largest absolute Gasteiger partial charge is 0.356 e. The van der Waals surface area contributed by atoms with Crippen molar-refractivity contribution in [3.63, 3.8) is 0 Å². The van der Waals surface area contributed by atoms with E-state index in [1.54, 1.807) is 12.3 Å². The van der Waals surface area contributed by atoms with Crippen LogP contribution in [0.5, 0.6) is 0 Å². The SMILES string of the molecule is Clc1cc(Br)c2c(cnn2C2CCCCO2)n1. The Morgan fingerprint density at radius 3 is 3.12 bits per heavy atom. The van der Waals surface area contributed by atoms with Gasteiger partial charge in [0.25, 0.3) is 0 Å². The molecule has 0 N–H and O–H groups in total. The number of hydrogen-bond donors (Lipinski definition) is 0. The number of fused-ring (bicyclic) bond motifs is 1. The van der Waals surface area contributed by atoms with Gasteiger partial charge >= 0.3 is 0 Å². The van der Waals surface area contributed by atoms with E-state index in [1.165, 1.54) is 6.42 Å². The molecule has 0 saturated carbocycles. The summed E-state index contributed by atoms with van der Waals surface area (Å²) in [5.41, 5.74) is 1.74. The van der Waals surface area contributed by atoms with Crippen LogP contribution in [0, 0.1) is 0 Å². The molecule has 1 aliphatic heterocycles. The lowest BCUT2D eigenvalue weighted by molar-refractivity contribution is -0.0367. The van der Waals surface area contributed by atoms with Crippen LogP contribution in [0.1, 0.15) is 25.5 Å². The molecule has 0 bridgehead atoms. The lowest BCUT2D eigenvalue weighted by Gasteiger charge is -2.23. The maximum atomic E-state index is 5.91. The smallest absolute Gasteiger partial charge is 0.150 e. The molecule has 1 saturated heterocycles. The van der Waals surface area contributed by atoms with Crippen molar-refractivity contribution in [3.05, 3.63) is 21.9 Å². The second-order valence-electron chi connectivity index (χ2n) is 4.07. The summed E-state index contributed by atoms with van der Waals surface area (Å²) in [6.07, 6.45) is 5.03. The fourth-order valence-corrected chi connectivity index (χ4v) is 3.06. The minimum atomic E-state index is 0.0144. The van der Waals surface area contributed by atoms with Crippen LogP contribution in [-0.4, -0.2) is 21.4 Å². The summed E-state index contributed by atoms with van der Waals surface area (Å²) in [5.74, 6) is 0. The van der Waals surface area contributed by atoms with E-state index in [1.807, 2.05) is 4.68 Å². The van der Waals surface area contributed by atoms with E-state index in [9.17, 15) is 0 Å². The second kappa shape index (κ2) is 4.55. The molecule has 17 heavy (non-hydrogen) atoms. The van der Waals surface area contributed by atoms with Gasteiger partial charge in [0.15, 0.2) is 6.23 Å². The zero-order valence-electron chi connectivity index (χ0n) is 9.07. The molecule has 0 aromatic carbocycles. The minimum absolute atomic E-state index is 0.0144. The molecule has 2 aromatic rings. The number of hydrogen-bond acceptors (Lipinski definition) is 3. The Kier molecular flexibility index (Phi) is 3.06. The molecule has 6 heteroatoms. The van der Waals surface area contributed by atoms with E-state index in [4.69, 9.17) is 16.3 Å². The molecule has 0 radical (unpaired) electrons. The Morgan fingerprint density at radius 2 is 2.35 bits per heavy atom. The van der Waals surface area contributed by atoms with Gasteiger partial charge in [0, 0.05) is 11.1 Å². The Hall–Kier alpha value is -0.650. The van der Waals surface area contributed by atoms with Gasteiger partial charge in [0.2, 0.25) is 0 Å². The van der Waals surface area contributed by atoms with E-state index in [0.717, 1.165) is 35.0 Å². The van der Waals surface area contributed by atoms with Gasteiger partial charge in [0.1, 0.15) is 16.2 Å². The number of aromatic nitrogens is 3. The van der Waals surface area contributed by atoms with Gasteiger partial charge < -0.3 is 4.74 Å². The van der Waals surface area contributed by atoms with Gasteiger partial charge in [-0.05, 0) is 41.3 Å². The molecule has 0 aliphatic carbocycles. The highest BCUT2D eigenvalue weighted by Gasteiger charge is 2.20. The maximum Gasteiger partial charge on any atom is 0.150 e. The molecule has 1 fully saturated rings. The first kappa shape index (κ1) is 11.4. The van der Waals surface area contributed by atoms with Crippen molar-refractivity contribution in [2.75, 3.05) is 6.61 Å². The fourth-order valence-electron chi connectivity index (χ4n) is 2.12. The first-order chi connectivity index (χ1) is 8.25. The highest BCUT2D eigenvalue weighted by Crippen LogP contribution is 2.30. The maximum absolute atomic E-state index is 5.91. The van der Waals surface area contributed by atoms with Crippen LogP contribution in [0.4, 0.5) is 0 Å². The lowest BCUT2D eigenvalue weighted by Crippen LogP contribution is -2.19. The minimum Gasteiger partial charge on any atom is -0.356 e. The number of rotatable bonds is 1. The third-order valence-electron chi connectivity index (χ3n) is 2.90. The van der Waals surface area contributed by atoms with Crippen molar-refractivity contribution in [1.29, 1.82) is 0 Å². The number of pyridine rings is 1. The quantitative estimate of drug-likeness (QED) is 0.755. The molecule has 1 atom stereocenters. The van der Waals surface area contributed by atoms with Crippen molar-refractivity contribution in [3.8, 4) is 0 Å². The van der Waals surface area contributed by atoms with Gasteiger partial charge in [-0.1, -0.05) is 11.6 Å². The van der Waals surface area contributed by atoms with E-state index >= 15 is 0 Å². The van der Waals surface area contributed by atoms with E-state index < -0.39 is 0 Å². The van der Waals surface area contributed by atoms with Crippen molar-refractivity contribution < 1.29 is 4.74 Å². The molecule has 3 rings (SSSR count). The third kappa shape index (κ3) is 2.07. The molecule has 2 aromatic heterocycles. The zero-order valence-corrected chi connectivity index (χ0v) is 11.4. The van der Waals surface area contributed by atoms with Crippen LogP contribution >= 0.6 is 27.5 Å². The summed E-state index contributed by atoms with van der Waals surface area (Å²) in [5, 5.41) is 4.83. The zero-order chi connectivity index (χ0) is 11.8. The molecule has 3 heterocycles. The molecule has 1 aliphatic rings. The Morgan fingerprint density at radius 1 is 1.47 bits per heavy atom. The summed E-state index contributed by atoms with van der Waals surface area (Å²) in [6.45, 7) is 0.796. The molecule has 0 amide bonds. The fraction of sp³-hybridized carbons (Fsp3) is 0.455. The van der Waals surface area contributed by atoms with E-state index in [-0.39, 0.29) is 6.23 Å². The van der Waals surface area contributed by atoms with Gasteiger partial charge in [-0.15, -0.1) is 0 Å². The van der Waals surface area contributed by atoms with Gasteiger partial charge in [-0.3, -0.25) is 0 Å². The van der Waals surface area contributed by atoms with Crippen LogP contribution in [0.3, 0.4) is 0 Å². The highest BCUT2D eigenvalue weighted by molar-refractivity contribution is 9.10. The molecule has 90 valence electrons. The average Bonchev–Trinajstić information content (AvgIpc) is 2.74. The lowest BCUT2D eigenvalue weighted by atomic mass is 10.2. The standard InChI is InChI=1S/C11H11BrClN3O/c12-7-5-9(13)15-8-6-14-16(11(7)8)10-3-1-2-4-17-10/h5-6,10H,1-4H2. The summed E-state index contributed by atoms with van der Waals surface area (Å²) in [6, 6.07) is 1.78. The monoisotopic (exact) mass is 315 g/mol. The Bertz CT molecular complexity index is 551.